The number of hydrogen-bond acceptors (Lipinski definition) is 4. The van der Waals surface area contributed by atoms with E-state index in [2.05, 4.69) is 44.8 Å². The first-order chi connectivity index (χ1) is 17.6. The van der Waals surface area contributed by atoms with E-state index < -0.39 is 0 Å². The highest BCUT2D eigenvalue weighted by Gasteiger charge is 2.22. The summed E-state index contributed by atoms with van der Waals surface area (Å²) in [5.41, 5.74) is 6.82. The van der Waals surface area contributed by atoms with Gasteiger partial charge in [0.15, 0.2) is 5.69 Å². The van der Waals surface area contributed by atoms with Gasteiger partial charge in [0.1, 0.15) is 0 Å². The molecule has 0 amide bonds. The molecule has 0 bridgehead atoms. The van der Waals surface area contributed by atoms with Gasteiger partial charge in [-0.2, -0.15) is 0 Å². The fourth-order valence-corrected chi connectivity index (χ4v) is 4.91. The van der Waals surface area contributed by atoms with E-state index in [0.717, 1.165) is 53.2 Å². The predicted octanol–water partition coefficient (Wildman–Crippen LogP) is 6.06. The van der Waals surface area contributed by atoms with Crippen molar-refractivity contribution in [1.29, 1.82) is 0 Å². The highest BCUT2D eigenvalue weighted by atomic mass is 16.5. The monoisotopic (exact) mass is 476 g/mol. The average molecular weight is 477 g/mol. The van der Waals surface area contributed by atoms with Crippen molar-refractivity contribution in [2.75, 3.05) is 26.7 Å². The lowest BCUT2D eigenvalue weighted by Crippen LogP contribution is -2.34. The van der Waals surface area contributed by atoms with Crippen molar-refractivity contribution >= 4 is 11.3 Å². The molecular weight excluding hydrogens is 448 g/mol. The fourth-order valence-electron chi connectivity index (χ4n) is 4.91. The topological polar surface area (TPSA) is 51.4 Å². The molecule has 7 heteroatoms. The molecular formula is C29H28N6O. The van der Waals surface area contributed by atoms with Crippen molar-refractivity contribution < 1.29 is 4.74 Å². The molecule has 0 N–H and O–H groups in total. The summed E-state index contributed by atoms with van der Waals surface area (Å²) >= 11 is 0. The van der Waals surface area contributed by atoms with E-state index in [4.69, 9.17) is 22.9 Å². The van der Waals surface area contributed by atoms with Crippen LogP contribution in [0.25, 0.3) is 37.9 Å². The van der Waals surface area contributed by atoms with Crippen molar-refractivity contribution in [2.24, 2.45) is 5.92 Å². The van der Waals surface area contributed by atoms with E-state index in [-0.39, 0.29) is 0 Å². The van der Waals surface area contributed by atoms with Crippen LogP contribution >= 0.6 is 0 Å². The van der Waals surface area contributed by atoms with Gasteiger partial charge in [-0.1, -0.05) is 36.4 Å². The van der Waals surface area contributed by atoms with Gasteiger partial charge < -0.3 is 14.5 Å². The number of aromatic nitrogens is 3. The minimum Gasteiger partial charge on any atom is -0.475 e. The average Bonchev–Trinajstić information content (AvgIpc) is 3.39. The van der Waals surface area contributed by atoms with Gasteiger partial charge in [-0.05, 0) is 50.6 Å². The number of rotatable bonds is 6. The van der Waals surface area contributed by atoms with Crippen LogP contribution in [0.15, 0.2) is 54.9 Å². The minimum atomic E-state index is 0.326. The maximum Gasteiger partial charge on any atom is 0.259 e. The fraction of sp³-hybridized carbons (Fsp3) is 0.310. The summed E-state index contributed by atoms with van der Waals surface area (Å²) in [7, 11) is 2.15. The zero-order chi connectivity index (χ0) is 25.1. The second-order valence-electron chi connectivity index (χ2n) is 9.43. The van der Waals surface area contributed by atoms with Crippen LogP contribution in [0, 0.1) is 26.0 Å². The Bertz CT molecular complexity index is 1470. The normalized spacial score (nSPS) is 15.9. The molecule has 36 heavy (non-hydrogen) atoms. The molecule has 0 spiro atoms. The van der Waals surface area contributed by atoms with Gasteiger partial charge in [-0.3, -0.25) is 4.40 Å². The molecule has 4 aromatic rings. The first kappa shape index (κ1) is 23.5. The number of aryl methyl sites for hydroxylation is 1. The zero-order valence-corrected chi connectivity index (χ0v) is 20.6. The Balaban J connectivity index is 1.64. The highest BCUT2D eigenvalue weighted by Crippen LogP contribution is 2.36. The molecule has 7 nitrogen and oxygen atoms in total. The molecule has 0 saturated carbocycles. The molecule has 1 aliphatic rings. The Labute approximate surface area is 211 Å². The lowest BCUT2D eigenvalue weighted by Gasteiger charge is -2.29. The molecule has 2 aromatic heterocycles. The summed E-state index contributed by atoms with van der Waals surface area (Å²) in [6.45, 7) is 19.8. The molecule has 1 saturated heterocycles. The van der Waals surface area contributed by atoms with E-state index in [1.165, 1.54) is 6.42 Å². The Morgan fingerprint density at radius 3 is 2.67 bits per heavy atom. The number of hydrogen-bond donors (Lipinski definition) is 0. The first-order valence-corrected chi connectivity index (χ1v) is 12.2. The molecule has 1 fully saturated rings. The summed E-state index contributed by atoms with van der Waals surface area (Å²) in [5, 5.41) is 0. The third-order valence-corrected chi connectivity index (χ3v) is 6.83. The molecule has 0 radical (unpaired) electrons. The molecule has 1 atom stereocenters. The van der Waals surface area contributed by atoms with Crippen LogP contribution in [-0.4, -0.2) is 46.0 Å². The van der Waals surface area contributed by atoms with Gasteiger partial charge in [-0.15, -0.1) is 0 Å². The summed E-state index contributed by atoms with van der Waals surface area (Å²) < 4.78 is 8.36. The van der Waals surface area contributed by atoms with Crippen molar-refractivity contribution in [3.8, 4) is 28.4 Å². The molecule has 1 aliphatic heterocycles. The number of benzene rings is 2. The lowest BCUT2D eigenvalue weighted by molar-refractivity contribution is 0.148. The van der Waals surface area contributed by atoms with Crippen LogP contribution in [0.1, 0.15) is 24.0 Å². The van der Waals surface area contributed by atoms with E-state index in [9.17, 15) is 0 Å². The number of nitrogens with zero attached hydrogens (tertiary/aromatic N) is 6. The van der Waals surface area contributed by atoms with E-state index in [0.29, 0.717) is 36.3 Å². The van der Waals surface area contributed by atoms with Crippen molar-refractivity contribution in [3.05, 3.63) is 88.8 Å². The summed E-state index contributed by atoms with van der Waals surface area (Å²) in [6.07, 6.45) is 6.01. The third kappa shape index (κ3) is 4.66. The Morgan fingerprint density at radius 1 is 1.11 bits per heavy atom. The van der Waals surface area contributed by atoms with Crippen molar-refractivity contribution in [1.82, 2.24) is 19.3 Å². The van der Waals surface area contributed by atoms with Gasteiger partial charge in [0, 0.05) is 36.0 Å². The van der Waals surface area contributed by atoms with Crippen molar-refractivity contribution in [3.63, 3.8) is 0 Å². The third-order valence-electron chi connectivity index (χ3n) is 6.83. The maximum absolute atomic E-state index is 7.36. The van der Waals surface area contributed by atoms with E-state index in [1.807, 2.05) is 41.8 Å². The predicted molar refractivity (Wildman–Crippen MR) is 141 cm³/mol. The molecule has 180 valence electrons. The second kappa shape index (κ2) is 10.2. The van der Waals surface area contributed by atoms with Gasteiger partial charge in [0.2, 0.25) is 12.2 Å². The van der Waals surface area contributed by atoms with E-state index >= 15 is 0 Å². The first-order valence-electron chi connectivity index (χ1n) is 12.2. The van der Waals surface area contributed by atoms with E-state index in [1.54, 1.807) is 6.20 Å². The highest BCUT2D eigenvalue weighted by molar-refractivity contribution is 5.82. The molecule has 3 heterocycles. The standard InChI is InChI=1S/C29H28N6O/c1-20-7-8-23(16-24(20)17-30-2)27-26(22-9-11-25(31-3)12-10-22)33-29(28-32-13-15-35(27)28)36-19-21-6-5-14-34(4)18-21/h7-13,15-16,21H,5-6,14,17-19H2,1,4H3/t21-/m1/s1. The van der Waals surface area contributed by atoms with Crippen LogP contribution < -0.4 is 4.74 Å². The number of ether oxygens (including phenoxy) is 1. The zero-order valence-electron chi connectivity index (χ0n) is 20.6. The SMILES string of the molecule is [C-]#[N+]Cc1cc(-c2c(-c3ccc([N+]#[C-])cc3)nc(OC[C@@H]3CCCN(C)C3)c3nccn23)ccc1C. The second-order valence-corrected chi connectivity index (χ2v) is 9.43. The number of piperidine rings is 1. The molecule has 5 rings (SSSR count). The summed E-state index contributed by atoms with van der Waals surface area (Å²) in [4.78, 5) is 19.1. The van der Waals surface area contributed by atoms with Gasteiger partial charge in [-0.25, -0.2) is 21.4 Å². The lowest BCUT2D eigenvalue weighted by atomic mass is 9.99. The number of imidazole rings is 1. The van der Waals surface area contributed by atoms with Crippen LogP contribution in [0.3, 0.4) is 0 Å². The smallest absolute Gasteiger partial charge is 0.259 e. The van der Waals surface area contributed by atoms with Crippen LogP contribution in [0.4, 0.5) is 5.69 Å². The van der Waals surface area contributed by atoms with Gasteiger partial charge >= 0.3 is 0 Å². The minimum absolute atomic E-state index is 0.326. The van der Waals surface area contributed by atoms with Gasteiger partial charge in [0.05, 0.1) is 24.6 Å². The summed E-state index contributed by atoms with van der Waals surface area (Å²) in [6, 6.07) is 13.7. The van der Waals surface area contributed by atoms with Crippen LogP contribution in [0.5, 0.6) is 5.88 Å². The quantitative estimate of drug-likeness (QED) is 0.317. The molecule has 0 unspecified atom stereocenters. The Morgan fingerprint density at radius 2 is 1.92 bits per heavy atom. The van der Waals surface area contributed by atoms with Crippen LogP contribution in [-0.2, 0) is 6.54 Å². The Kier molecular flexibility index (Phi) is 6.66. The molecule has 2 aromatic carbocycles. The van der Waals surface area contributed by atoms with Crippen LogP contribution in [0.2, 0.25) is 0 Å². The molecule has 0 aliphatic carbocycles. The summed E-state index contributed by atoms with van der Waals surface area (Å²) in [5.74, 6) is 0.963. The number of likely N-dealkylation sites (tertiary alicyclic amines) is 1. The Hall–Kier alpha value is -4.20. The number of fused-ring (bicyclic) bond motifs is 1. The largest absolute Gasteiger partial charge is 0.475 e. The van der Waals surface area contributed by atoms with Crippen molar-refractivity contribution in [2.45, 2.75) is 26.3 Å². The maximum atomic E-state index is 7.36. The van der Waals surface area contributed by atoms with Gasteiger partial charge in [0.25, 0.3) is 5.88 Å².